The van der Waals surface area contributed by atoms with Gasteiger partial charge in [-0.05, 0) is 12.3 Å². The zero-order chi connectivity index (χ0) is 14.1. The maximum Gasteiger partial charge on any atom is 0.410 e. The topological polar surface area (TPSA) is 47.4 Å². The summed E-state index contributed by atoms with van der Waals surface area (Å²) in [5, 5.41) is 0. The van der Waals surface area contributed by atoms with Crippen LogP contribution in [0.3, 0.4) is 0 Å². The fourth-order valence-electron chi connectivity index (χ4n) is 3.53. The number of carbonyl (C=O) groups is 1. The number of imidazole rings is 1. The van der Waals surface area contributed by atoms with Crippen LogP contribution in [0.15, 0.2) is 12.4 Å². The molecule has 2 fully saturated rings. The molecule has 1 aliphatic heterocycles. The summed E-state index contributed by atoms with van der Waals surface area (Å²) in [4.78, 5) is 18.0. The number of hydrogen-bond donors (Lipinski definition) is 0. The van der Waals surface area contributed by atoms with Crippen molar-refractivity contribution in [2.75, 3.05) is 7.05 Å². The van der Waals surface area contributed by atoms with E-state index in [0.29, 0.717) is 5.92 Å². The Labute approximate surface area is 119 Å². The first-order chi connectivity index (χ1) is 9.66. The Morgan fingerprint density at radius 1 is 1.30 bits per heavy atom. The molecule has 0 unspecified atom stereocenters. The van der Waals surface area contributed by atoms with Gasteiger partial charge >= 0.3 is 6.09 Å². The molecular weight excluding hydrogens is 254 g/mol. The van der Waals surface area contributed by atoms with E-state index in [-0.39, 0.29) is 18.2 Å². The summed E-state index contributed by atoms with van der Waals surface area (Å²) >= 11 is 0. The summed E-state index contributed by atoms with van der Waals surface area (Å²) < 4.78 is 7.51. The lowest BCUT2D eigenvalue weighted by Crippen LogP contribution is -2.33. The molecule has 1 aliphatic carbocycles. The second-order valence-corrected chi connectivity index (χ2v) is 6.12. The lowest BCUT2D eigenvalue weighted by atomic mass is 9.83. The van der Waals surface area contributed by atoms with E-state index in [1.807, 2.05) is 24.9 Å². The molecule has 0 bridgehead atoms. The molecule has 1 saturated heterocycles. The average molecular weight is 277 g/mol. The van der Waals surface area contributed by atoms with E-state index in [0.717, 1.165) is 12.2 Å². The van der Waals surface area contributed by atoms with E-state index < -0.39 is 0 Å². The number of aryl methyl sites for hydroxylation is 1. The quantitative estimate of drug-likeness (QED) is 0.853. The SMILES string of the molecule is CN1C(=O)O[C@@H](c2nccn2C)[C@@H]1CC1CCCCC1. The molecule has 1 amide bonds. The standard InChI is InChI=1S/C15H23N3O2/c1-17-9-8-16-14(17)13-12(18(2)15(19)20-13)10-11-6-4-3-5-7-11/h8-9,11-13H,3-7,10H2,1-2H3/t12-,13+/m0/s1. The number of likely N-dealkylation sites (N-methyl/N-ethyl adjacent to an activating group) is 1. The van der Waals surface area contributed by atoms with Gasteiger partial charge in [-0.15, -0.1) is 0 Å². The summed E-state index contributed by atoms with van der Waals surface area (Å²) in [5.41, 5.74) is 0. The van der Waals surface area contributed by atoms with Gasteiger partial charge in [-0.3, -0.25) is 0 Å². The number of amides is 1. The molecule has 1 aromatic heterocycles. The summed E-state index contributed by atoms with van der Waals surface area (Å²) in [6.45, 7) is 0. The molecule has 0 aromatic carbocycles. The molecule has 2 aliphatic rings. The molecule has 0 radical (unpaired) electrons. The number of nitrogens with zero attached hydrogens (tertiary/aromatic N) is 3. The highest BCUT2D eigenvalue weighted by Gasteiger charge is 2.43. The third-order valence-corrected chi connectivity index (χ3v) is 4.78. The van der Waals surface area contributed by atoms with Gasteiger partial charge in [-0.2, -0.15) is 0 Å². The van der Waals surface area contributed by atoms with Gasteiger partial charge in [0.05, 0.1) is 6.04 Å². The molecular formula is C15H23N3O2. The highest BCUT2D eigenvalue weighted by Crippen LogP contribution is 2.37. The van der Waals surface area contributed by atoms with Gasteiger partial charge in [0.15, 0.2) is 11.9 Å². The van der Waals surface area contributed by atoms with E-state index in [2.05, 4.69) is 4.98 Å². The van der Waals surface area contributed by atoms with Crippen LogP contribution in [-0.2, 0) is 11.8 Å². The maximum absolute atomic E-state index is 11.9. The van der Waals surface area contributed by atoms with Gasteiger partial charge in [0.2, 0.25) is 0 Å². The Hall–Kier alpha value is -1.52. The molecule has 1 aromatic rings. The Kier molecular flexibility index (Phi) is 3.68. The van der Waals surface area contributed by atoms with Gasteiger partial charge in [-0.1, -0.05) is 32.1 Å². The third-order valence-electron chi connectivity index (χ3n) is 4.78. The lowest BCUT2D eigenvalue weighted by Gasteiger charge is -2.28. The highest BCUT2D eigenvalue weighted by atomic mass is 16.6. The van der Waals surface area contributed by atoms with Gasteiger partial charge < -0.3 is 14.2 Å². The molecule has 0 N–H and O–H groups in total. The van der Waals surface area contributed by atoms with Crippen LogP contribution in [0, 0.1) is 5.92 Å². The minimum Gasteiger partial charge on any atom is -0.436 e. The number of hydrogen-bond acceptors (Lipinski definition) is 3. The van der Waals surface area contributed by atoms with Crippen molar-refractivity contribution in [3.8, 4) is 0 Å². The molecule has 5 nitrogen and oxygen atoms in total. The number of aromatic nitrogens is 2. The second kappa shape index (κ2) is 5.46. The van der Waals surface area contributed by atoms with Crippen LogP contribution < -0.4 is 0 Å². The van der Waals surface area contributed by atoms with E-state index in [1.165, 1.54) is 32.1 Å². The molecule has 3 rings (SSSR count). The van der Waals surface area contributed by atoms with Crippen LogP contribution in [-0.4, -0.2) is 33.6 Å². The predicted octanol–water partition coefficient (Wildman–Crippen LogP) is 2.88. The Balaban J connectivity index is 1.77. The van der Waals surface area contributed by atoms with Crippen molar-refractivity contribution < 1.29 is 9.53 Å². The largest absolute Gasteiger partial charge is 0.436 e. The van der Waals surface area contributed by atoms with Crippen LogP contribution in [0.25, 0.3) is 0 Å². The summed E-state index contributed by atoms with van der Waals surface area (Å²) in [6.07, 6.45) is 10.8. The lowest BCUT2D eigenvalue weighted by molar-refractivity contribution is 0.119. The molecule has 2 atom stereocenters. The van der Waals surface area contributed by atoms with E-state index >= 15 is 0 Å². The Morgan fingerprint density at radius 3 is 2.70 bits per heavy atom. The minimum atomic E-state index is -0.227. The normalized spacial score (nSPS) is 27.9. The zero-order valence-electron chi connectivity index (χ0n) is 12.3. The highest BCUT2D eigenvalue weighted by molar-refractivity contribution is 5.70. The molecule has 20 heavy (non-hydrogen) atoms. The first-order valence-electron chi connectivity index (χ1n) is 7.57. The summed E-state index contributed by atoms with van der Waals surface area (Å²) in [7, 11) is 3.80. The van der Waals surface area contributed by atoms with Crippen molar-refractivity contribution in [2.45, 2.75) is 50.7 Å². The zero-order valence-corrected chi connectivity index (χ0v) is 12.3. The van der Waals surface area contributed by atoms with Crippen LogP contribution in [0.5, 0.6) is 0 Å². The van der Waals surface area contributed by atoms with Crippen LogP contribution in [0.1, 0.15) is 50.5 Å². The fraction of sp³-hybridized carbons (Fsp3) is 0.733. The third kappa shape index (κ3) is 2.41. The Morgan fingerprint density at radius 2 is 2.05 bits per heavy atom. The number of carbonyl (C=O) groups excluding carboxylic acids is 1. The monoisotopic (exact) mass is 277 g/mol. The van der Waals surface area contributed by atoms with Crippen molar-refractivity contribution in [3.63, 3.8) is 0 Å². The van der Waals surface area contributed by atoms with Gasteiger partial charge in [0, 0.05) is 26.5 Å². The van der Waals surface area contributed by atoms with Crippen molar-refractivity contribution in [2.24, 2.45) is 13.0 Å². The molecule has 1 saturated carbocycles. The van der Waals surface area contributed by atoms with Crippen molar-refractivity contribution in [1.29, 1.82) is 0 Å². The van der Waals surface area contributed by atoms with E-state index in [4.69, 9.17) is 4.74 Å². The van der Waals surface area contributed by atoms with E-state index in [1.54, 1.807) is 11.1 Å². The molecule has 2 heterocycles. The number of ether oxygens (including phenoxy) is 1. The summed E-state index contributed by atoms with van der Waals surface area (Å²) in [5.74, 6) is 1.57. The van der Waals surface area contributed by atoms with Crippen LogP contribution >= 0.6 is 0 Å². The molecule has 110 valence electrons. The first kappa shape index (κ1) is 13.5. The maximum atomic E-state index is 11.9. The minimum absolute atomic E-state index is 0.117. The van der Waals surface area contributed by atoms with E-state index in [9.17, 15) is 4.79 Å². The predicted molar refractivity (Wildman–Crippen MR) is 75.2 cm³/mol. The second-order valence-electron chi connectivity index (χ2n) is 6.12. The van der Waals surface area contributed by atoms with Crippen molar-refractivity contribution in [3.05, 3.63) is 18.2 Å². The van der Waals surface area contributed by atoms with Gasteiger partial charge in [0.1, 0.15) is 0 Å². The summed E-state index contributed by atoms with van der Waals surface area (Å²) in [6, 6.07) is 0.117. The Bertz CT molecular complexity index is 479. The molecule has 5 heteroatoms. The average Bonchev–Trinajstić information content (AvgIpc) is 2.98. The van der Waals surface area contributed by atoms with Crippen molar-refractivity contribution in [1.82, 2.24) is 14.5 Å². The van der Waals surface area contributed by atoms with Gasteiger partial charge in [-0.25, -0.2) is 9.78 Å². The molecule has 0 spiro atoms. The van der Waals surface area contributed by atoms with Crippen molar-refractivity contribution >= 4 is 6.09 Å². The number of cyclic esters (lactones) is 1. The smallest absolute Gasteiger partial charge is 0.410 e. The number of rotatable bonds is 3. The fourth-order valence-corrected chi connectivity index (χ4v) is 3.53. The van der Waals surface area contributed by atoms with Crippen LogP contribution in [0.2, 0.25) is 0 Å². The first-order valence-corrected chi connectivity index (χ1v) is 7.57. The van der Waals surface area contributed by atoms with Gasteiger partial charge in [0.25, 0.3) is 0 Å². The van der Waals surface area contributed by atoms with Crippen LogP contribution in [0.4, 0.5) is 4.79 Å².